The standard InChI is InChI=1S/C7H16N2.2C2H6/c1-7(2)5-8-3-4-9-6-7;2*1-2/h8-9H,3-6H2,1-2H3;2*1-2H3. The fraction of sp³-hybridized carbons (Fsp3) is 1.00. The van der Waals surface area contributed by atoms with Gasteiger partial charge in [-0.1, -0.05) is 41.5 Å². The van der Waals surface area contributed by atoms with Gasteiger partial charge in [0.2, 0.25) is 0 Å². The second-order valence-electron chi connectivity index (χ2n) is 3.52. The summed E-state index contributed by atoms with van der Waals surface area (Å²) in [7, 11) is 0. The molecule has 0 aromatic carbocycles. The topological polar surface area (TPSA) is 24.1 Å². The highest BCUT2D eigenvalue weighted by Gasteiger charge is 2.18. The van der Waals surface area contributed by atoms with Gasteiger partial charge in [0.25, 0.3) is 0 Å². The zero-order chi connectivity index (χ0) is 10.7. The van der Waals surface area contributed by atoms with E-state index < -0.39 is 0 Å². The van der Waals surface area contributed by atoms with Crippen LogP contribution in [0.4, 0.5) is 0 Å². The van der Waals surface area contributed by atoms with Crippen LogP contribution in [0.3, 0.4) is 0 Å². The fourth-order valence-corrected chi connectivity index (χ4v) is 1.09. The van der Waals surface area contributed by atoms with Crippen LogP contribution in [-0.4, -0.2) is 26.2 Å². The molecule has 0 aliphatic carbocycles. The largest absolute Gasteiger partial charge is 0.315 e. The van der Waals surface area contributed by atoms with Gasteiger partial charge in [-0.3, -0.25) is 0 Å². The molecule has 0 radical (unpaired) electrons. The van der Waals surface area contributed by atoms with Crippen molar-refractivity contribution in [3.05, 3.63) is 0 Å². The Labute approximate surface area is 84.5 Å². The molecule has 0 atom stereocenters. The van der Waals surface area contributed by atoms with Gasteiger partial charge in [0.1, 0.15) is 0 Å². The molecule has 0 saturated carbocycles. The van der Waals surface area contributed by atoms with Crippen LogP contribution in [0.1, 0.15) is 41.5 Å². The summed E-state index contributed by atoms with van der Waals surface area (Å²) >= 11 is 0. The van der Waals surface area contributed by atoms with Gasteiger partial charge in [-0.15, -0.1) is 0 Å². The number of hydrogen-bond donors (Lipinski definition) is 2. The fourth-order valence-electron chi connectivity index (χ4n) is 1.09. The minimum Gasteiger partial charge on any atom is -0.315 e. The van der Waals surface area contributed by atoms with Gasteiger partial charge in [-0.2, -0.15) is 0 Å². The molecule has 2 nitrogen and oxygen atoms in total. The summed E-state index contributed by atoms with van der Waals surface area (Å²) in [6, 6.07) is 0. The Balaban J connectivity index is 0. The number of rotatable bonds is 0. The highest BCUT2D eigenvalue weighted by Crippen LogP contribution is 2.11. The summed E-state index contributed by atoms with van der Waals surface area (Å²) in [6.07, 6.45) is 0. The predicted octanol–water partition coefficient (Wildman–Crippen LogP) is 2.26. The number of hydrogen-bond acceptors (Lipinski definition) is 2. The molecule has 1 aliphatic rings. The molecule has 0 bridgehead atoms. The Morgan fingerprint density at radius 1 is 0.769 bits per heavy atom. The van der Waals surface area contributed by atoms with Crippen molar-refractivity contribution in [2.75, 3.05) is 26.2 Å². The molecule has 13 heavy (non-hydrogen) atoms. The van der Waals surface area contributed by atoms with E-state index in [1.807, 2.05) is 27.7 Å². The Hall–Kier alpha value is -0.0800. The lowest BCUT2D eigenvalue weighted by Crippen LogP contribution is -2.31. The lowest BCUT2D eigenvalue weighted by Gasteiger charge is -2.21. The van der Waals surface area contributed by atoms with E-state index in [2.05, 4.69) is 24.5 Å². The molecule has 1 fully saturated rings. The highest BCUT2D eigenvalue weighted by molar-refractivity contribution is 4.77. The first-order chi connectivity index (χ1) is 6.21. The lowest BCUT2D eigenvalue weighted by molar-refractivity contribution is 0.356. The molecule has 2 N–H and O–H groups in total. The zero-order valence-electron chi connectivity index (χ0n) is 10.3. The molecule has 82 valence electrons. The normalized spacial score (nSPS) is 19.8. The molecule has 1 saturated heterocycles. The van der Waals surface area contributed by atoms with Crippen LogP contribution in [0.2, 0.25) is 0 Å². The van der Waals surface area contributed by atoms with Crippen molar-refractivity contribution >= 4 is 0 Å². The second kappa shape index (κ2) is 10.0. The van der Waals surface area contributed by atoms with Gasteiger partial charge in [-0.05, 0) is 5.41 Å². The van der Waals surface area contributed by atoms with Crippen LogP contribution in [0, 0.1) is 5.41 Å². The molecule has 2 heteroatoms. The third-order valence-corrected chi connectivity index (χ3v) is 1.69. The summed E-state index contributed by atoms with van der Waals surface area (Å²) in [5, 5.41) is 6.75. The van der Waals surface area contributed by atoms with Gasteiger partial charge >= 0.3 is 0 Å². The van der Waals surface area contributed by atoms with E-state index >= 15 is 0 Å². The summed E-state index contributed by atoms with van der Waals surface area (Å²) in [5.74, 6) is 0. The zero-order valence-corrected chi connectivity index (χ0v) is 10.3. The van der Waals surface area contributed by atoms with E-state index in [0.717, 1.165) is 26.2 Å². The SMILES string of the molecule is CC.CC.CC1(C)CNCCNC1. The van der Waals surface area contributed by atoms with Crippen LogP contribution in [-0.2, 0) is 0 Å². The summed E-state index contributed by atoms with van der Waals surface area (Å²) in [5.41, 5.74) is 0.441. The van der Waals surface area contributed by atoms with Gasteiger partial charge in [0.15, 0.2) is 0 Å². The van der Waals surface area contributed by atoms with Crippen LogP contribution in [0.25, 0.3) is 0 Å². The smallest absolute Gasteiger partial charge is 0.00769 e. The van der Waals surface area contributed by atoms with Crippen LogP contribution >= 0.6 is 0 Å². The molecule has 0 amide bonds. The number of nitrogens with one attached hydrogen (secondary N) is 2. The third kappa shape index (κ3) is 9.84. The monoisotopic (exact) mass is 188 g/mol. The van der Waals surface area contributed by atoms with E-state index in [4.69, 9.17) is 0 Å². The van der Waals surface area contributed by atoms with Crippen molar-refractivity contribution in [1.82, 2.24) is 10.6 Å². The minimum absolute atomic E-state index is 0.441. The molecule has 0 aromatic rings. The maximum atomic E-state index is 3.38. The molecule has 0 unspecified atom stereocenters. The molecule has 0 aromatic heterocycles. The highest BCUT2D eigenvalue weighted by atomic mass is 15.0. The summed E-state index contributed by atoms with van der Waals surface area (Å²) in [6.45, 7) is 17.1. The van der Waals surface area contributed by atoms with E-state index in [9.17, 15) is 0 Å². The van der Waals surface area contributed by atoms with Crippen molar-refractivity contribution < 1.29 is 0 Å². The first-order valence-corrected chi connectivity index (χ1v) is 5.62. The first kappa shape index (κ1) is 15.4. The van der Waals surface area contributed by atoms with Crippen LogP contribution in [0.15, 0.2) is 0 Å². The Bertz CT molecular complexity index is 80.1. The van der Waals surface area contributed by atoms with E-state index in [-0.39, 0.29) is 0 Å². The van der Waals surface area contributed by atoms with Crippen molar-refractivity contribution in [2.45, 2.75) is 41.5 Å². The summed E-state index contributed by atoms with van der Waals surface area (Å²) < 4.78 is 0. The van der Waals surface area contributed by atoms with Crippen LogP contribution in [0.5, 0.6) is 0 Å². The van der Waals surface area contributed by atoms with E-state index in [0.29, 0.717) is 5.41 Å². The van der Waals surface area contributed by atoms with Crippen molar-refractivity contribution in [1.29, 1.82) is 0 Å². The minimum atomic E-state index is 0.441. The summed E-state index contributed by atoms with van der Waals surface area (Å²) in [4.78, 5) is 0. The Kier molecular flexibility index (Phi) is 11.8. The van der Waals surface area contributed by atoms with Gasteiger partial charge in [-0.25, -0.2) is 0 Å². The lowest BCUT2D eigenvalue weighted by atomic mass is 9.94. The first-order valence-electron chi connectivity index (χ1n) is 5.62. The van der Waals surface area contributed by atoms with E-state index in [1.165, 1.54) is 0 Å². The average Bonchev–Trinajstić information content (AvgIpc) is 2.36. The van der Waals surface area contributed by atoms with Crippen molar-refractivity contribution in [2.24, 2.45) is 5.41 Å². The second-order valence-corrected chi connectivity index (χ2v) is 3.52. The van der Waals surface area contributed by atoms with Gasteiger partial charge < -0.3 is 10.6 Å². The maximum Gasteiger partial charge on any atom is 0.00769 e. The molecular weight excluding hydrogens is 160 g/mol. The van der Waals surface area contributed by atoms with Crippen molar-refractivity contribution in [3.63, 3.8) is 0 Å². The maximum absolute atomic E-state index is 3.38. The molecule has 0 spiro atoms. The Morgan fingerprint density at radius 2 is 1.08 bits per heavy atom. The predicted molar refractivity (Wildman–Crippen MR) is 62.2 cm³/mol. The molecule has 1 aliphatic heterocycles. The average molecular weight is 188 g/mol. The molecule has 1 heterocycles. The third-order valence-electron chi connectivity index (χ3n) is 1.69. The van der Waals surface area contributed by atoms with E-state index in [1.54, 1.807) is 0 Å². The van der Waals surface area contributed by atoms with Gasteiger partial charge in [0.05, 0.1) is 0 Å². The quantitative estimate of drug-likeness (QED) is 0.609. The van der Waals surface area contributed by atoms with Gasteiger partial charge in [0, 0.05) is 26.2 Å². The Morgan fingerprint density at radius 3 is 1.38 bits per heavy atom. The van der Waals surface area contributed by atoms with Crippen LogP contribution < -0.4 is 10.6 Å². The molecule has 1 rings (SSSR count). The molecular formula is C11H28N2. The van der Waals surface area contributed by atoms with Crippen molar-refractivity contribution in [3.8, 4) is 0 Å².